The zero-order valence-electron chi connectivity index (χ0n) is 11.9. The normalized spacial score (nSPS) is 11.3. The van der Waals surface area contributed by atoms with Crippen molar-refractivity contribution in [2.45, 2.75) is 4.90 Å². The van der Waals surface area contributed by atoms with E-state index in [-0.39, 0.29) is 4.90 Å². The molecule has 0 radical (unpaired) electrons. The molecule has 0 spiro atoms. The summed E-state index contributed by atoms with van der Waals surface area (Å²) < 4.78 is 32.9. The first-order valence-corrected chi connectivity index (χ1v) is 8.09. The van der Waals surface area contributed by atoms with Crippen LogP contribution in [0.1, 0.15) is 0 Å². The summed E-state index contributed by atoms with van der Waals surface area (Å²) in [6.45, 7) is 0. The molecule has 5 nitrogen and oxygen atoms in total. The molecule has 22 heavy (non-hydrogen) atoms. The number of rotatable bonds is 4. The molecule has 0 saturated carbocycles. The van der Waals surface area contributed by atoms with E-state index in [0.717, 1.165) is 0 Å². The Bertz CT molecular complexity index is 909. The molecule has 0 atom stereocenters. The minimum Gasteiger partial charge on any atom is -0.497 e. The van der Waals surface area contributed by atoms with Crippen LogP contribution in [0.2, 0.25) is 0 Å². The van der Waals surface area contributed by atoms with Gasteiger partial charge in [-0.1, -0.05) is 18.2 Å². The minimum absolute atomic E-state index is 0.184. The van der Waals surface area contributed by atoms with Gasteiger partial charge < -0.3 is 4.74 Å². The maximum Gasteiger partial charge on any atom is 0.262 e. The van der Waals surface area contributed by atoms with Gasteiger partial charge in [-0.25, -0.2) is 8.42 Å². The quantitative estimate of drug-likeness (QED) is 0.803. The van der Waals surface area contributed by atoms with Crippen molar-refractivity contribution in [3.05, 3.63) is 60.8 Å². The lowest BCUT2D eigenvalue weighted by Gasteiger charge is -2.10. The largest absolute Gasteiger partial charge is 0.497 e. The number of nitrogens with zero attached hydrogens (tertiary/aromatic N) is 1. The molecule has 0 aliphatic rings. The fourth-order valence-electron chi connectivity index (χ4n) is 2.18. The van der Waals surface area contributed by atoms with E-state index in [0.29, 0.717) is 22.3 Å². The first-order chi connectivity index (χ1) is 10.6. The third-order valence-electron chi connectivity index (χ3n) is 3.23. The fraction of sp³-hybridized carbons (Fsp3) is 0.0625. The molecule has 3 aromatic rings. The summed E-state index contributed by atoms with van der Waals surface area (Å²) >= 11 is 0. The summed E-state index contributed by atoms with van der Waals surface area (Å²) in [7, 11) is -2.14. The van der Waals surface area contributed by atoms with Crippen LogP contribution in [-0.4, -0.2) is 20.5 Å². The zero-order chi connectivity index (χ0) is 15.6. The van der Waals surface area contributed by atoms with Crippen molar-refractivity contribution in [1.29, 1.82) is 0 Å². The molecule has 0 fully saturated rings. The Morgan fingerprint density at radius 1 is 1.05 bits per heavy atom. The summed E-state index contributed by atoms with van der Waals surface area (Å²) in [6, 6.07) is 15.4. The number of fused-ring (bicyclic) bond motifs is 1. The van der Waals surface area contributed by atoms with E-state index in [2.05, 4.69) is 9.71 Å². The number of benzene rings is 2. The van der Waals surface area contributed by atoms with Crippen molar-refractivity contribution < 1.29 is 13.2 Å². The van der Waals surface area contributed by atoms with Gasteiger partial charge in [0.05, 0.1) is 17.5 Å². The highest BCUT2D eigenvalue weighted by molar-refractivity contribution is 7.93. The number of ether oxygens (including phenoxy) is 1. The number of methoxy groups -OCH3 is 1. The third kappa shape index (κ3) is 2.73. The number of nitrogens with one attached hydrogen (secondary N) is 1. The zero-order valence-corrected chi connectivity index (χ0v) is 12.7. The number of hydrogen-bond donors (Lipinski definition) is 1. The van der Waals surface area contributed by atoms with E-state index in [9.17, 15) is 8.42 Å². The monoisotopic (exact) mass is 314 g/mol. The van der Waals surface area contributed by atoms with Crippen LogP contribution >= 0.6 is 0 Å². The van der Waals surface area contributed by atoms with Gasteiger partial charge in [0.2, 0.25) is 0 Å². The summed E-state index contributed by atoms with van der Waals surface area (Å²) in [5.74, 6) is 0.630. The number of aromatic nitrogens is 1. The van der Waals surface area contributed by atoms with Crippen LogP contribution in [0.15, 0.2) is 65.7 Å². The third-order valence-corrected chi connectivity index (χ3v) is 4.66. The molecule has 0 aliphatic heterocycles. The van der Waals surface area contributed by atoms with Crippen molar-refractivity contribution in [2.75, 3.05) is 11.8 Å². The smallest absolute Gasteiger partial charge is 0.262 e. The van der Waals surface area contributed by atoms with Gasteiger partial charge in [0.1, 0.15) is 5.75 Å². The van der Waals surface area contributed by atoms with Crippen LogP contribution in [0, 0.1) is 0 Å². The molecule has 112 valence electrons. The fourth-order valence-corrected chi connectivity index (χ4v) is 3.44. The van der Waals surface area contributed by atoms with Crippen LogP contribution in [0.25, 0.3) is 10.9 Å². The van der Waals surface area contributed by atoms with Gasteiger partial charge in [0, 0.05) is 23.3 Å². The number of sulfonamides is 1. The Hall–Kier alpha value is -2.60. The van der Waals surface area contributed by atoms with E-state index in [4.69, 9.17) is 4.74 Å². The molecule has 1 N–H and O–H groups in total. The highest BCUT2D eigenvalue weighted by Gasteiger charge is 2.18. The summed E-state index contributed by atoms with van der Waals surface area (Å²) in [4.78, 5) is 4.38. The van der Waals surface area contributed by atoms with Gasteiger partial charge in [-0.3, -0.25) is 9.71 Å². The lowest BCUT2D eigenvalue weighted by atomic mass is 10.2. The van der Waals surface area contributed by atoms with Crippen LogP contribution in [0.4, 0.5) is 5.69 Å². The van der Waals surface area contributed by atoms with E-state index in [1.807, 2.05) is 6.07 Å². The number of anilines is 1. The van der Waals surface area contributed by atoms with E-state index < -0.39 is 10.0 Å². The average Bonchev–Trinajstić information content (AvgIpc) is 2.54. The highest BCUT2D eigenvalue weighted by atomic mass is 32.2. The van der Waals surface area contributed by atoms with Gasteiger partial charge in [-0.05, 0) is 30.3 Å². The molecule has 3 rings (SSSR count). The van der Waals surface area contributed by atoms with E-state index in [1.54, 1.807) is 49.6 Å². The maximum atomic E-state index is 12.6. The van der Waals surface area contributed by atoms with Gasteiger partial charge in [-0.2, -0.15) is 0 Å². The van der Waals surface area contributed by atoms with Gasteiger partial charge >= 0.3 is 0 Å². The lowest BCUT2D eigenvalue weighted by molar-refractivity contribution is 0.415. The first-order valence-electron chi connectivity index (χ1n) is 6.61. The molecule has 2 aromatic carbocycles. The summed E-state index contributed by atoms with van der Waals surface area (Å²) in [5.41, 5.74) is 1.08. The minimum atomic E-state index is -3.69. The lowest BCUT2D eigenvalue weighted by Crippen LogP contribution is -2.13. The molecule has 0 aliphatic carbocycles. The second kappa shape index (κ2) is 5.65. The number of para-hydroxylation sites is 1. The maximum absolute atomic E-state index is 12.6. The van der Waals surface area contributed by atoms with Crippen molar-refractivity contribution >= 4 is 26.6 Å². The molecular formula is C16H14N2O3S. The standard InChI is InChI=1S/C16H14N2O3S/c1-21-13-7-8-14-15(11-13)17-10-9-16(14)22(19,20)18-12-5-3-2-4-6-12/h2-11,18H,1H3. The van der Waals surface area contributed by atoms with E-state index in [1.165, 1.54) is 12.3 Å². The Morgan fingerprint density at radius 3 is 2.55 bits per heavy atom. The molecule has 0 unspecified atom stereocenters. The summed E-state index contributed by atoms with van der Waals surface area (Å²) in [5, 5.41) is 0.548. The topological polar surface area (TPSA) is 68.3 Å². The molecule has 0 saturated heterocycles. The number of hydrogen-bond acceptors (Lipinski definition) is 4. The second-order valence-electron chi connectivity index (χ2n) is 4.66. The van der Waals surface area contributed by atoms with Crippen LogP contribution in [-0.2, 0) is 10.0 Å². The molecule has 0 bridgehead atoms. The SMILES string of the molecule is COc1ccc2c(S(=O)(=O)Nc3ccccc3)ccnc2c1. The molecular weight excluding hydrogens is 300 g/mol. The van der Waals surface area contributed by atoms with Crippen LogP contribution in [0.3, 0.4) is 0 Å². The predicted octanol–water partition coefficient (Wildman–Crippen LogP) is 3.04. The molecule has 0 amide bonds. The molecule has 6 heteroatoms. The first kappa shape index (κ1) is 14.3. The second-order valence-corrected chi connectivity index (χ2v) is 6.31. The molecule has 1 aromatic heterocycles. The van der Waals surface area contributed by atoms with Gasteiger partial charge in [-0.15, -0.1) is 0 Å². The van der Waals surface area contributed by atoms with Crippen molar-refractivity contribution in [3.8, 4) is 5.75 Å². The Kier molecular flexibility index (Phi) is 3.68. The highest BCUT2D eigenvalue weighted by Crippen LogP contribution is 2.26. The van der Waals surface area contributed by atoms with Crippen molar-refractivity contribution in [1.82, 2.24) is 4.98 Å². The predicted molar refractivity (Wildman–Crippen MR) is 85.5 cm³/mol. The van der Waals surface area contributed by atoms with Gasteiger partial charge in [0.15, 0.2) is 0 Å². The van der Waals surface area contributed by atoms with Crippen molar-refractivity contribution in [2.24, 2.45) is 0 Å². The summed E-state index contributed by atoms with van der Waals surface area (Å²) in [6.07, 6.45) is 1.47. The van der Waals surface area contributed by atoms with Crippen LogP contribution < -0.4 is 9.46 Å². The van der Waals surface area contributed by atoms with Crippen LogP contribution in [0.5, 0.6) is 5.75 Å². The number of pyridine rings is 1. The average molecular weight is 314 g/mol. The van der Waals surface area contributed by atoms with Gasteiger partial charge in [0.25, 0.3) is 10.0 Å². The van der Waals surface area contributed by atoms with Crippen molar-refractivity contribution in [3.63, 3.8) is 0 Å². The Balaban J connectivity index is 2.09. The van der Waals surface area contributed by atoms with E-state index >= 15 is 0 Å². The molecule has 1 heterocycles. The Labute approximate surface area is 128 Å². The Morgan fingerprint density at radius 2 is 1.82 bits per heavy atom.